The van der Waals surface area contributed by atoms with Gasteiger partial charge in [0.25, 0.3) is 6.43 Å². The molecule has 1 aliphatic heterocycles. The second-order valence-corrected chi connectivity index (χ2v) is 8.07. The molecule has 2 aromatic rings. The fourth-order valence-corrected chi connectivity index (χ4v) is 4.88. The van der Waals surface area contributed by atoms with Gasteiger partial charge in [-0.05, 0) is 31.4 Å². The average Bonchev–Trinajstić information content (AvgIpc) is 2.78. The molecule has 1 aliphatic carbocycles. The van der Waals surface area contributed by atoms with Gasteiger partial charge in [-0.15, -0.1) is 0 Å². The summed E-state index contributed by atoms with van der Waals surface area (Å²) < 4.78 is 39.2. The molecule has 3 heterocycles. The predicted molar refractivity (Wildman–Crippen MR) is 92.6 cm³/mol. The molecule has 0 unspecified atom stereocenters. The number of anilines is 1. The van der Waals surface area contributed by atoms with Crippen molar-refractivity contribution in [2.24, 2.45) is 5.41 Å². The fraction of sp³-hybridized carbons (Fsp3) is 0.600. The van der Waals surface area contributed by atoms with Crippen LogP contribution in [0.5, 0.6) is 0 Å². The zero-order valence-corrected chi connectivity index (χ0v) is 15.2. The molecular weight excluding hydrogens is 372 g/mol. The number of nitrogens with zero attached hydrogens (tertiary/aromatic N) is 5. The number of thiol groups is 1. The zero-order valence-electron chi connectivity index (χ0n) is 13.6. The Balaban J connectivity index is 1.45. The van der Waals surface area contributed by atoms with Crippen molar-refractivity contribution in [2.45, 2.75) is 32.2 Å². The summed E-state index contributed by atoms with van der Waals surface area (Å²) >= 11 is 5.86. The van der Waals surface area contributed by atoms with E-state index in [1.165, 1.54) is 10.6 Å². The molecule has 6 nitrogen and oxygen atoms in total. The number of hydrogen-bond acceptors (Lipinski definition) is 4. The van der Waals surface area contributed by atoms with Crippen molar-refractivity contribution in [1.82, 2.24) is 18.9 Å². The van der Waals surface area contributed by atoms with Crippen LogP contribution in [-0.2, 0) is 11.9 Å². The van der Waals surface area contributed by atoms with Crippen molar-refractivity contribution in [2.75, 3.05) is 24.5 Å². The van der Waals surface area contributed by atoms with Crippen molar-refractivity contribution in [3.8, 4) is 0 Å². The molecule has 0 aromatic carbocycles. The summed E-state index contributed by atoms with van der Waals surface area (Å²) in [5, 5.41) is 4.73. The average molecular weight is 390 g/mol. The summed E-state index contributed by atoms with van der Waals surface area (Å²) in [6.07, 6.45) is 0.594. The summed E-state index contributed by atoms with van der Waals surface area (Å²) in [4.78, 5) is 6.58. The number of rotatable bonds is 5. The van der Waals surface area contributed by atoms with Gasteiger partial charge in [0, 0.05) is 24.5 Å². The van der Waals surface area contributed by atoms with Crippen molar-refractivity contribution in [3.63, 3.8) is 0 Å². The molecule has 1 saturated heterocycles. The second kappa shape index (κ2) is 6.14. The van der Waals surface area contributed by atoms with Crippen LogP contribution in [0.3, 0.4) is 0 Å². The Kier molecular flexibility index (Phi) is 4.20. The van der Waals surface area contributed by atoms with E-state index in [0.717, 1.165) is 42.8 Å². The summed E-state index contributed by atoms with van der Waals surface area (Å²) in [6.45, 7) is 3.16. The highest BCUT2D eigenvalue weighted by molar-refractivity contribution is 7.63. The van der Waals surface area contributed by atoms with E-state index in [2.05, 4.69) is 15.0 Å². The van der Waals surface area contributed by atoms with Gasteiger partial charge < -0.3 is 4.90 Å². The number of hydrogen-bond donors (Lipinski definition) is 1. The lowest BCUT2D eigenvalue weighted by Gasteiger charge is -2.60. The second-order valence-electron chi connectivity index (χ2n) is 7.01. The number of aromatic nitrogens is 3. The Hall–Kier alpha value is -1.32. The Morgan fingerprint density at radius 2 is 2.20 bits per heavy atom. The lowest BCUT2D eigenvalue weighted by molar-refractivity contribution is -0.00120. The molecule has 0 atom stereocenters. The molecule has 10 heteroatoms. The van der Waals surface area contributed by atoms with Crippen LogP contribution in [-0.4, -0.2) is 55.2 Å². The quantitative estimate of drug-likeness (QED) is 0.796. The van der Waals surface area contributed by atoms with Crippen molar-refractivity contribution in [3.05, 3.63) is 23.1 Å². The monoisotopic (exact) mass is 389 g/mol. The third kappa shape index (κ3) is 2.82. The van der Waals surface area contributed by atoms with Gasteiger partial charge in [-0.2, -0.15) is 5.10 Å². The van der Waals surface area contributed by atoms with E-state index in [1.807, 2.05) is 13.0 Å². The van der Waals surface area contributed by atoms with E-state index < -0.39 is 13.0 Å². The molecule has 4 rings (SSSR count). The Morgan fingerprint density at radius 3 is 2.84 bits per heavy atom. The molecule has 25 heavy (non-hydrogen) atoms. The highest BCUT2D eigenvalue weighted by Gasteiger charge is 2.54. The molecule has 1 saturated carbocycles. The van der Waals surface area contributed by atoms with Gasteiger partial charge >= 0.3 is 0 Å². The van der Waals surface area contributed by atoms with Gasteiger partial charge in [-0.1, -0.05) is 11.6 Å². The van der Waals surface area contributed by atoms with Gasteiger partial charge in [-0.3, -0.25) is 0 Å². The first-order valence-electron chi connectivity index (χ1n) is 8.04. The SMILES string of the molecule is Cc1cc(Cl)n2ncnc(N3CC4(CC(N(CC(F)F)[SH]=O)C4)C3)c12. The number of aryl methyl sites for hydroxylation is 1. The molecule has 0 bridgehead atoms. The molecular formula is C15H18ClF2N5OS. The first-order chi connectivity index (χ1) is 11.9. The van der Waals surface area contributed by atoms with Crippen molar-refractivity contribution >= 4 is 34.8 Å². The largest absolute Gasteiger partial charge is 0.354 e. The molecule has 2 aromatic heterocycles. The third-order valence-corrected chi connectivity index (χ3v) is 6.19. The molecule has 2 aliphatic rings. The highest BCUT2D eigenvalue weighted by Crippen LogP contribution is 2.51. The van der Waals surface area contributed by atoms with Crippen LogP contribution in [0.4, 0.5) is 14.6 Å². The molecule has 136 valence electrons. The zero-order chi connectivity index (χ0) is 17.8. The molecule has 0 N–H and O–H groups in total. The molecule has 2 fully saturated rings. The van der Waals surface area contributed by atoms with E-state index in [0.29, 0.717) is 5.15 Å². The van der Waals surface area contributed by atoms with Crippen LogP contribution in [0.15, 0.2) is 12.4 Å². The Morgan fingerprint density at radius 1 is 1.48 bits per heavy atom. The normalized spacial score (nSPS) is 19.8. The van der Waals surface area contributed by atoms with Gasteiger partial charge in [0.2, 0.25) is 0 Å². The minimum atomic E-state index is -2.47. The van der Waals surface area contributed by atoms with Crippen molar-refractivity contribution in [1.29, 1.82) is 0 Å². The lowest BCUT2D eigenvalue weighted by Crippen LogP contribution is -2.66. The summed E-state index contributed by atoms with van der Waals surface area (Å²) in [5.74, 6) is 0.847. The van der Waals surface area contributed by atoms with Crippen molar-refractivity contribution < 1.29 is 13.0 Å². The van der Waals surface area contributed by atoms with Gasteiger partial charge in [0.1, 0.15) is 17.0 Å². The van der Waals surface area contributed by atoms with Crippen LogP contribution in [0.1, 0.15) is 18.4 Å². The lowest BCUT2D eigenvalue weighted by atomic mass is 9.60. The van der Waals surface area contributed by atoms with E-state index in [-0.39, 0.29) is 23.3 Å². The van der Waals surface area contributed by atoms with E-state index in [1.54, 1.807) is 4.52 Å². The maximum absolute atomic E-state index is 12.5. The maximum Gasteiger partial charge on any atom is 0.252 e. The van der Waals surface area contributed by atoms with E-state index >= 15 is 0 Å². The van der Waals surface area contributed by atoms with Crippen LogP contribution >= 0.6 is 11.6 Å². The van der Waals surface area contributed by atoms with Gasteiger partial charge in [-0.25, -0.2) is 26.8 Å². The fourth-order valence-electron chi connectivity index (χ4n) is 4.10. The highest BCUT2D eigenvalue weighted by atomic mass is 35.5. The summed E-state index contributed by atoms with van der Waals surface area (Å²) in [6, 6.07) is 1.82. The maximum atomic E-state index is 12.5. The minimum Gasteiger partial charge on any atom is -0.354 e. The van der Waals surface area contributed by atoms with E-state index in [4.69, 9.17) is 11.6 Å². The number of halogens is 3. The predicted octanol–water partition coefficient (Wildman–Crippen LogP) is 2.09. The van der Waals surface area contributed by atoms with Gasteiger partial charge in [0.05, 0.1) is 18.4 Å². The van der Waals surface area contributed by atoms with Crippen LogP contribution in [0.2, 0.25) is 5.15 Å². The molecule has 0 amide bonds. The standard InChI is InChI=1S/C15H18ClF2N5OS/c1-9-2-11(16)23-13(9)14(19-8-20-23)21-6-15(7-21)3-10(4-15)22(25-24)5-12(17)18/h2,8,10,12,25H,3-7H2,1H3. The van der Waals surface area contributed by atoms with Crippen LogP contribution in [0.25, 0.3) is 5.52 Å². The van der Waals surface area contributed by atoms with Gasteiger partial charge in [0.15, 0.2) is 5.82 Å². The summed E-state index contributed by atoms with van der Waals surface area (Å²) in [7, 11) is 0. The number of alkyl halides is 2. The first-order valence-corrected chi connectivity index (χ1v) is 9.19. The third-order valence-electron chi connectivity index (χ3n) is 5.22. The molecule has 1 spiro atoms. The van der Waals surface area contributed by atoms with E-state index in [9.17, 15) is 13.0 Å². The van der Waals surface area contributed by atoms with Crippen LogP contribution in [0, 0.1) is 12.3 Å². The molecule has 0 radical (unpaired) electrons. The Bertz CT molecular complexity index is 818. The number of fused-ring (bicyclic) bond motifs is 1. The Labute approximate surface area is 152 Å². The summed E-state index contributed by atoms with van der Waals surface area (Å²) in [5.41, 5.74) is 2.03. The minimum absolute atomic E-state index is 0.0368. The van der Waals surface area contributed by atoms with Crippen LogP contribution < -0.4 is 4.90 Å². The topological polar surface area (TPSA) is 53.7 Å². The smallest absolute Gasteiger partial charge is 0.252 e. The first kappa shape index (κ1) is 17.1.